The van der Waals surface area contributed by atoms with Crippen LogP contribution >= 0.6 is 0 Å². The van der Waals surface area contributed by atoms with Gasteiger partial charge >= 0.3 is 5.97 Å². The lowest BCUT2D eigenvalue weighted by Crippen LogP contribution is -2.43. The first-order valence-electron chi connectivity index (χ1n) is 10.1. The first kappa shape index (κ1) is 19.8. The zero-order valence-electron chi connectivity index (χ0n) is 16.9. The second-order valence-electron chi connectivity index (χ2n) is 7.42. The van der Waals surface area contributed by atoms with E-state index in [9.17, 15) is 9.59 Å². The van der Waals surface area contributed by atoms with Crippen LogP contribution in [0.5, 0.6) is 0 Å². The summed E-state index contributed by atoms with van der Waals surface area (Å²) in [5.74, 6) is -0.588. The number of ether oxygens (including phenoxy) is 1. The summed E-state index contributed by atoms with van der Waals surface area (Å²) in [6.07, 6.45) is 6.10. The molecular formula is C24H25N3O3. The van der Waals surface area contributed by atoms with Crippen molar-refractivity contribution in [1.82, 2.24) is 15.3 Å². The molecule has 0 unspecified atom stereocenters. The molecule has 2 aromatic heterocycles. The molecule has 0 radical (unpaired) electrons. The van der Waals surface area contributed by atoms with Gasteiger partial charge in [0, 0.05) is 47.0 Å². The Kier molecular flexibility index (Phi) is 5.84. The molecule has 1 amide bonds. The number of H-pyrrole nitrogens is 2. The van der Waals surface area contributed by atoms with E-state index in [1.807, 2.05) is 54.9 Å². The molecule has 0 saturated carbocycles. The van der Waals surface area contributed by atoms with Crippen LogP contribution in [0, 0.1) is 0 Å². The summed E-state index contributed by atoms with van der Waals surface area (Å²) in [6, 6.07) is 15.3. The Morgan fingerprint density at radius 3 is 2.20 bits per heavy atom. The predicted molar refractivity (Wildman–Crippen MR) is 117 cm³/mol. The van der Waals surface area contributed by atoms with Crippen molar-refractivity contribution in [3.8, 4) is 0 Å². The second-order valence-corrected chi connectivity index (χ2v) is 7.42. The monoisotopic (exact) mass is 403 g/mol. The van der Waals surface area contributed by atoms with Crippen LogP contribution in [0.2, 0.25) is 0 Å². The molecule has 30 heavy (non-hydrogen) atoms. The molecular weight excluding hydrogens is 378 g/mol. The van der Waals surface area contributed by atoms with E-state index in [0.717, 1.165) is 28.4 Å². The van der Waals surface area contributed by atoms with Crippen molar-refractivity contribution >= 4 is 33.7 Å². The quantitative estimate of drug-likeness (QED) is 0.390. The maximum absolute atomic E-state index is 12.5. The summed E-state index contributed by atoms with van der Waals surface area (Å²) < 4.78 is 4.92. The number of benzene rings is 2. The number of para-hydroxylation sites is 2. The zero-order valence-corrected chi connectivity index (χ0v) is 16.9. The maximum atomic E-state index is 12.5. The summed E-state index contributed by atoms with van der Waals surface area (Å²) >= 11 is 0. The fourth-order valence-corrected chi connectivity index (χ4v) is 3.90. The molecule has 4 aromatic rings. The van der Waals surface area contributed by atoms with Gasteiger partial charge in [0.15, 0.2) is 0 Å². The number of hydrogen-bond acceptors (Lipinski definition) is 3. The predicted octanol–water partition coefficient (Wildman–Crippen LogP) is 3.87. The number of hydrogen-bond donors (Lipinski definition) is 3. The number of nitrogens with one attached hydrogen (secondary N) is 3. The van der Waals surface area contributed by atoms with Gasteiger partial charge in [-0.3, -0.25) is 4.79 Å². The minimum absolute atomic E-state index is 0.148. The highest BCUT2D eigenvalue weighted by molar-refractivity contribution is 5.87. The highest BCUT2D eigenvalue weighted by Gasteiger charge is 2.23. The lowest BCUT2D eigenvalue weighted by atomic mass is 10.0. The van der Waals surface area contributed by atoms with Crippen LogP contribution in [0.25, 0.3) is 21.8 Å². The van der Waals surface area contributed by atoms with Crippen LogP contribution < -0.4 is 5.32 Å². The van der Waals surface area contributed by atoms with E-state index in [-0.39, 0.29) is 5.91 Å². The molecule has 0 aliphatic rings. The number of fused-ring (bicyclic) bond motifs is 2. The summed E-state index contributed by atoms with van der Waals surface area (Å²) in [7, 11) is 1.34. The van der Waals surface area contributed by atoms with Crippen molar-refractivity contribution in [3.63, 3.8) is 0 Å². The summed E-state index contributed by atoms with van der Waals surface area (Å²) in [4.78, 5) is 31.2. The number of carbonyl (C=O) groups excluding carboxylic acids is 2. The minimum Gasteiger partial charge on any atom is -0.467 e. The summed E-state index contributed by atoms with van der Waals surface area (Å²) in [6.45, 7) is 0. The molecule has 1 atom stereocenters. The largest absolute Gasteiger partial charge is 0.467 e. The standard InChI is InChI=1S/C24H25N3O3/c1-30-24(29)22(13-17-15-26-21-11-5-3-9-19(17)21)27-23(28)12-6-7-16-14-25-20-10-4-2-8-18(16)20/h2-5,8-11,14-15,22,25-26H,6-7,12-13H2,1H3,(H,27,28)/t22-/m1/s1. The Morgan fingerprint density at radius 1 is 0.933 bits per heavy atom. The number of aryl methyl sites for hydroxylation is 1. The van der Waals surface area contributed by atoms with Crippen molar-refractivity contribution in [3.05, 3.63) is 72.1 Å². The molecule has 0 saturated heterocycles. The second kappa shape index (κ2) is 8.86. The fraction of sp³-hybridized carbons (Fsp3) is 0.250. The van der Waals surface area contributed by atoms with Crippen molar-refractivity contribution in [1.29, 1.82) is 0 Å². The summed E-state index contributed by atoms with van der Waals surface area (Å²) in [5, 5.41) is 5.08. The van der Waals surface area contributed by atoms with Gasteiger partial charge in [-0.05, 0) is 36.1 Å². The molecule has 2 heterocycles. The molecule has 2 aromatic carbocycles. The van der Waals surface area contributed by atoms with Gasteiger partial charge in [0.05, 0.1) is 7.11 Å². The normalized spacial score (nSPS) is 12.2. The van der Waals surface area contributed by atoms with E-state index in [0.29, 0.717) is 19.3 Å². The molecule has 0 bridgehead atoms. The third-order valence-electron chi connectivity index (χ3n) is 5.44. The van der Waals surface area contributed by atoms with Crippen molar-refractivity contribution in [2.24, 2.45) is 0 Å². The SMILES string of the molecule is COC(=O)[C@@H](Cc1c[nH]c2ccccc12)NC(=O)CCCc1c[nH]c2ccccc12. The molecule has 0 spiro atoms. The number of esters is 1. The number of carbonyl (C=O) groups is 2. The summed E-state index contributed by atoms with van der Waals surface area (Å²) in [5.41, 5.74) is 4.27. The first-order valence-corrected chi connectivity index (χ1v) is 10.1. The Hall–Kier alpha value is -3.54. The third-order valence-corrected chi connectivity index (χ3v) is 5.44. The third kappa shape index (κ3) is 4.22. The average molecular weight is 403 g/mol. The molecule has 4 rings (SSSR count). The number of amides is 1. The topological polar surface area (TPSA) is 87.0 Å². The van der Waals surface area contributed by atoms with Crippen molar-refractivity contribution in [2.75, 3.05) is 7.11 Å². The van der Waals surface area contributed by atoms with Crippen molar-refractivity contribution in [2.45, 2.75) is 31.7 Å². The van der Waals surface area contributed by atoms with E-state index in [1.165, 1.54) is 18.1 Å². The Bertz CT molecular complexity index is 1170. The number of rotatable bonds is 8. The first-order chi connectivity index (χ1) is 14.7. The minimum atomic E-state index is -0.713. The van der Waals surface area contributed by atoms with Crippen LogP contribution in [-0.4, -0.2) is 35.0 Å². The van der Waals surface area contributed by atoms with E-state index in [2.05, 4.69) is 21.4 Å². The highest BCUT2D eigenvalue weighted by Crippen LogP contribution is 2.21. The van der Waals surface area contributed by atoms with E-state index >= 15 is 0 Å². The number of methoxy groups -OCH3 is 1. The van der Waals surface area contributed by atoms with Crippen LogP contribution in [-0.2, 0) is 27.2 Å². The van der Waals surface area contributed by atoms with E-state index in [4.69, 9.17) is 4.74 Å². The Labute approximate surface area is 174 Å². The van der Waals surface area contributed by atoms with Crippen LogP contribution in [0.3, 0.4) is 0 Å². The average Bonchev–Trinajstić information content (AvgIpc) is 3.37. The van der Waals surface area contributed by atoms with Crippen LogP contribution in [0.15, 0.2) is 60.9 Å². The van der Waals surface area contributed by atoms with Gasteiger partial charge in [-0.1, -0.05) is 36.4 Å². The van der Waals surface area contributed by atoms with Gasteiger partial charge in [-0.25, -0.2) is 4.79 Å². The van der Waals surface area contributed by atoms with Gasteiger partial charge in [0.25, 0.3) is 0 Å². The highest BCUT2D eigenvalue weighted by atomic mass is 16.5. The zero-order chi connectivity index (χ0) is 20.9. The van der Waals surface area contributed by atoms with Gasteiger partial charge in [-0.15, -0.1) is 0 Å². The maximum Gasteiger partial charge on any atom is 0.328 e. The Morgan fingerprint density at radius 2 is 1.53 bits per heavy atom. The van der Waals surface area contributed by atoms with Gasteiger partial charge in [0.2, 0.25) is 5.91 Å². The molecule has 3 N–H and O–H groups in total. The number of aromatic nitrogens is 2. The lowest BCUT2D eigenvalue weighted by Gasteiger charge is -2.16. The van der Waals surface area contributed by atoms with Gasteiger partial charge in [-0.2, -0.15) is 0 Å². The van der Waals surface area contributed by atoms with Gasteiger partial charge < -0.3 is 20.0 Å². The molecule has 0 fully saturated rings. The molecule has 6 heteroatoms. The molecule has 154 valence electrons. The van der Waals surface area contributed by atoms with Crippen LogP contribution in [0.4, 0.5) is 0 Å². The van der Waals surface area contributed by atoms with E-state index < -0.39 is 12.0 Å². The molecule has 0 aliphatic heterocycles. The lowest BCUT2D eigenvalue weighted by molar-refractivity contribution is -0.145. The molecule has 0 aliphatic carbocycles. The van der Waals surface area contributed by atoms with Crippen molar-refractivity contribution < 1.29 is 14.3 Å². The molecule has 6 nitrogen and oxygen atoms in total. The number of aromatic amines is 2. The van der Waals surface area contributed by atoms with E-state index in [1.54, 1.807) is 0 Å². The van der Waals surface area contributed by atoms with Gasteiger partial charge in [0.1, 0.15) is 6.04 Å². The van der Waals surface area contributed by atoms with Crippen LogP contribution in [0.1, 0.15) is 24.0 Å². The smallest absolute Gasteiger partial charge is 0.328 e. The fourth-order valence-electron chi connectivity index (χ4n) is 3.90. The Balaban J connectivity index is 1.37.